The van der Waals surface area contributed by atoms with Gasteiger partial charge < -0.3 is 10.1 Å². The number of pyridine rings is 1. The molecule has 124 valence electrons. The van der Waals surface area contributed by atoms with E-state index in [0.29, 0.717) is 11.3 Å². The number of nitrogens with zero attached hydrogens (tertiary/aromatic N) is 2. The number of aromatic hydroxyl groups is 1. The van der Waals surface area contributed by atoms with Gasteiger partial charge in [0.05, 0.1) is 28.4 Å². The fraction of sp³-hybridized carbons (Fsp3) is 0.294. The Kier molecular flexibility index (Phi) is 3.03. The third kappa shape index (κ3) is 1.97. The monoisotopic (exact) mass is 331 g/mol. The summed E-state index contributed by atoms with van der Waals surface area (Å²) in [7, 11) is 0. The van der Waals surface area contributed by atoms with Crippen LogP contribution in [0.3, 0.4) is 0 Å². The Morgan fingerprint density at radius 3 is 2.67 bits per heavy atom. The van der Waals surface area contributed by atoms with Crippen molar-refractivity contribution in [1.82, 2.24) is 14.8 Å². The minimum atomic E-state index is -0.849. The minimum absolute atomic E-state index is 0.168. The molecule has 0 amide bonds. The Hall–Kier alpha value is -2.70. The maximum atomic E-state index is 14.4. The first-order valence-corrected chi connectivity index (χ1v) is 7.69. The van der Waals surface area contributed by atoms with Crippen LogP contribution in [0.25, 0.3) is 22.3 Å². The topological polar surface area (TPSA) is 70.9 Å². The molecule has 1 aromatic carbocycles. The highest BCUT2D eigenvalue weighted by molar-refractivity contribution is 5.84. The average Bonchev–Trinajstić information content (AvgIpc) is 3.33. The summed E-state index contributed by atoms with van der Waals surface area (Å²) >= 11 is 0. The standard InChI is InChI=1S/C17H15F2N3O2/c1-7-3-6-10(18)12(13(7)19)14-16(24)15(23)11-8(2)21-22(9-4-5-9)17(11)20-14/h3,6,9,24H,4-5H2,1-2H3,(H,20,23). The number of aromatic amines is 1. The molecular formula is C17H15F2N3O2. The zero-order valence-electron chi connectivity index (χ0n) is 13.2. The molecular weight excluding hydrogens is 316 g/mol. The van der Waals surface area contributed by atoms with Gasteiger partial charge in [0.2, 0.25) is 5.43 Å². The third-order valence-corrected chi connectivity index (χ3v) is 4.43. The largest absolute Gasteiger partial charge is 0.503 e. The number of aromatic nitrogens is 3. The predicted octanol–water partition coefficient (Wildman–Crippen LogP) is 3.33. The van der Waals surface area contributed by atoms with Gasteiger partial charge in [-0.3, -0.25) is 4.79 Å². The van der Waals surface area contributed by atoms with Gasteiger partial charge in [0.15, 0.2) is 5.75 Å². The molecule has 0 atom stereocenters. The molecule has 1 saturated carbocycles. The van der Waals surface area contributed by atoms with Gasteiger partial charge in [-0.1, -0.05) is 6.07 Å². The van der Waals surface area contributed by atoms with Crippen molar-refractivity contribution in [2.75, 3.05) is 0 Å². The van der Waals surface area contributed by atoms with E-state index in [0.717, 1.165) is 18.9 Å². The molecule has 0 radical (unpaired) electrons. The van der Waals surface area contributed by atoms with Gasteiger partial charge in [-0.05, 0) is 38.3 Å². The summed E-state index contributed by atoms with van der Waals surface area (Å²) in [4.78, 5) is 15.4. The molecule has 0 saturated heterocycles. The number of benzene rings is 1. The summed E-state index contributed by atoms with van der Waals surface area (Å²) in [5, 5.41) is 14.8. The molecule has 0 bridgehead atoms. The Bertz CT molecular complexity index is 1050. The Morgan fingerprint density at radius 2 is 2.00 bits per heavy atom. The SMILES string of the molecule is Cc1ccc(F)c(-c2[nH]c3c(c(C)nn3C3CC3)c(=O)c2O)c1F. The smallest absolute Gasteiger partial charge is 0.235 e. The average molecular weight is 331 g/mol. The fourth-order valence-electron chi connectivity index (χ4n) is 3.00. The van der Waals surface area contributed by atoms with Crippen LogP contribution in [0.2, 0.25) is 0 Å². The van der Waals surface area contributed by atoms with Crippen molar-refractivity contribution >= 4 is 11.0 Å². The van der Waals surface area contributed by atoms with Gasteiger partial charge >= 0.3 is 0 Å². The number of rotatable bonds is 2. The van der Waals surface area contributed by atoms with Crippen molar-refractivity contribution in [3.8, 4) is 17.0 Å². The molecule has 1 aliphatic rings. The van der Waals surface area contributed by atoms with E-state index in [9.17, 15) is 18.7 Å². The van der Waals surface area contributed by atoms with Crippen molar-refractivity contribution in [3.63, 3.8) is 0 Å². The van der Waals surface area contributed by atoms with Gasteiger partial charge in [-0.15, -0.1) is 0 Å². The first-order valence-electron chi connectivity index (χ1n) is 7.69. The van der Waals surface area contributed by atoms with E-state index in [4.69, 9.17) is 0 Å². The minimum Gasteiger partial charge on any atom is -0.503 e. The molecule has 1 aliphatic carbocycles. The van der Waals surface area contributed by atoms with Crippen molar-refractivity contribution in [2.45, 2.75) is 32.7 Å². The van der Waals surface area contributed by atoms with Crippen LogP contribution < -0.4 is 5.43 Å². The first-order chi connectivity index (χ1) is 11.4. The lowest BCUT2D eigenvalue weighted by Gasteiger charge is -2.10. The van der Waals surface area contributed by atoms with Gasteiger partial charge in [-0.25, -0.2) is 13.5 Å². The van der Waals surface area contributed by atoms with E-state index in [1.807, 2.05) is 0 Å². The van der Waals surface area contributed by atoms with Crippen LogP contribution in [0, 0.1) is 25.5 Å². The Labute approximate surface area is 135 Å². The highest BCUT2D eigenvalue weighted by atomic mass is 19.1. The summed E-state index contributed by atoms with van der Waals surface area (Å²) in [6, 6.07) is 2.58. The number of fused-ring (bicyclic) bond motifs is 1. The fourth-order valence-corrected chi connectivity index (χ4v) is 3.00. The normalized spacial score (nSPS) is 14.5. The van der Waals surface area contributed by atoms with Crippen LogP contribution in [0.5, 0.6) is 5.75 Å². The molecule has 0 unspecified atom stereocenters. The molecule has 5 nitrogen and oxygen atoms in total. The van der Waals surface area contributed by atoms with E-state index in [-0.39, 0.29) is 22.7 Å². The van der Waals surface area contributed by atoms with Crippen LogP contribution in [0.1, 0.15) is 30.1 Å². The number of hydrogen-bond acceptors (Lipinski definition) is 3. The molecule has 2 heterocycles. The van der Waals surface area contributed by atoms with E-state index < -0.39 is 28.4 Å². The second kappa shape index (κ2) is 4.90. The van der Waals surface area contributed by atoms with E-state index in [2.05, 4.69) is 10.1 Å². The number of aryl methyl sites for hydroxylation is 2. The molecule has 2 aromatic heterocycles. The van der Waals surface area contributed by atoms with Crippen molar-refractivity contribution < 1.29 is 13.9 Å². The number of nitrogens with one attached hydrogen (secondary N) is 1. The highest BCUT2D eigenvalue weighted by Crippen LogP contribution is 2.38. The zero-order valence-corrected chi connectivity index (χ0v) is 13.2. The summed E-state index contributed by atoms with van der Waals surface area (Å²) < 4.78 is 30.3. The van der Waals surface area contributed by atoms with Crippen LogP contribution in [-0.4, -0.2) is 19.9 Å². The second-order valence-corrected chi connectivity index (χ2v) is 6.22. The number of H-pyrrole nitrogens is 1. The van der Waals surface area contributed by atoms with Crippen molar-refractivity contribution in [2.24, 2.45) is 0 Å². The van der Waals surface area contributed by atoms with E-state index in [1.54, 1.807) is 11.6 Å². The maximum absolute atomic E-state index is 14.4. The van der Waals surface area contributed by atoms with E-state index in [1.165, 1.54) is 13.0 Å². The quantitative estimate of drug-likeness (QED) is 0.757. The molecule has 24 heavy (non-hydrogen) atoms. The molecule has 0 spiro atoms. The Morgan fingerprint density at radius 1 is 1.29 bits per heavy atom. The van der Waals surface area contributed by atoms with Gasteiger partial charge in [0.25, 0.3) is 0 Å². The van der Waals surface area contributed by atoms with Gasteiger partial charge in [0, 0.05) is 0 Å². The maximum Gasteiger partial charge on any atom is 0.235 e. The molecule has 0 aliphatic heterocycles. The highest BCUT2D eigenvalue weighted by Gasteiger charge is 2.30. The van der Waals surface area contributed by atoms with Crippen LogP contribution >= 0.6 is 0 Å². The zero-order chi connectivity index (χ0) is 17.2. The summed E-state index contributed by atoms with van der Waals surface area (Å²) in [6.45, 7) is 3.16. The summed E-state index contributed by atoms with van der Waals surface area (Å²) in [5.74, 6) is -2.36. The molecule has 3 aromatic rings. The molecule has 2 N–H and O–H groups in total. The van der Waals surface area contributed by atoms with Gasteiger partial charge in [-0.2, -0.15) is 5.10 Å². The van der Waals surface area contributed by atoms with E-state index >= 15 is 0 Å². The number of halogens is 2. The van der Waals surface area contributed by atoms with Crippen LogP contribution in [0.15, 0.2) is 16.9 Å². The lowest BCUT2D eigenvalue weighted by atomic mass is 10.0. The summed E-state index contributed by atoms with van der Waals surface area (Å²) in [6.07, 6.45) is 1.86. The molecule has 7 heteroatoms. The van der Waals surface area contributed by atoms with Crippen LogP contribution in [-0.2, 0) is 0 Å². The predicted molar refractivity (Wildman–Crippen MR) is 85.1 cm³/mol. The van der Waals surface area contributed by atoms with Gasteiger partial charge in [0.1, 0.15) is 17.3 Å². The van der Waals surface area contributed by atoms with Crippen molar-refractivity contribution in [1.29, 1.82) is 0 Å². The lowest BCUT2D eigenvalue weighted by Crippen LogP contribution is -2.08. The van der Waals surface area contributed by atoms with Crippen molar-refractivity contribution in [3.05, 3.63) is 45.2 Å². The summed E-state index contributed by atoms with van der Waals surface area (Å²) in [5.41, 5.74) is -0.291. The lowest BCUT2D eigenvalue weighted by molar-refractivity contribution is 0.469. The second-order valence-electron chi connectivity index (χ2n) is 6.22. The molecule has 1 fully saturated rings. The Balaban J connectivity index is 2.11. The van der Waals surface area contributed by atoms with Crippen LogP contribution in [0.4, 0.5) is 8.78 Å². The molecule has 4 rings (SSSR count). The first kappa shape index (κ1) is 14.9. The third-order valence-electron chi connectivity index (χ3n) is 4.43. The number of hydrogen-bond donors (Lipinski definition) is 2.